The summed E-state index contributed by atoms with van der Waals surface area (Å²) in [5.74, 6) is -1.55. The third-order valence-electron chi connectivity index (χ3n) is 6.39. The summed E-state index contributed by atoms with van der Waals surface area (Å²) < 4.78 is 7.27. The van der Waals surface area contributed by atoms with E-state index in [4.69, 9.17) is 14.9 Å². The number of ether oxygens (including phenoxy) is 1. The van der Waals surface area contributed by atoms with Crippen LogP contribution in [0.4, 0.5) is 0 Å². The average Bonchev–Trinajstić information content (AvgIpc) is 3.19. The number of fused-ring (bicyclic) bond motifs is 2. The molecule has 5 rings (SSSR count). The fraction of sp³-hybridized carbons (Fsp3) is 0.161. The predicted octanol–water partition coefficient (Wildman–Crippen LogP) is 4.63. The molecule has 0 saturated heterocycles. The lowest BCUT2D eigenvalue weighted by molar-refractivity contribution is -0.137. The first-order chi connectivity index (χ1) is 18.6. The molecule has 1 aromatic heterocycles. The Kier molecular flexibility index (Phi) is 8.05. The Labute approximate surface area is 225 Å². The number of carbonyl (C=O) groups excluding carboxylic acids is 2. The Morgan fingerprint density at radius 2 is 1.54 bits per heavy atom. The molecule has 4 aromatic rings. The van der Waals surface area contributed by atoms with E-state index in [1.54, 1.807) is 60.1 Å². The number of ketones is 2. The first kappa shape index (κ1) is 27.1. The molecule has 0 amide bonds. The van der Waals surface area contributed by atoms with Crippen molar-refractivity contribution in [3.05, 3.63) is 124 Å². The van der Waals surface area contributed by atoms with Crippen molar-refractivity contribution in [2.75, 3.05) is 0 Å². The van der Waals surface area contributed by atoms with Crippen molar-refractivity contribution < 1.29 is 34.1 Å². The predicted molar refractivity (Wildman–Crippen MR) is 143 cm³/mol. The van der Waals surface area contributed by atoms with Gasteiger partial charge in [-0.2, -0.15) is 0 Å². The van der Waals surface area contributed by atoms with Gasteiger partial charge in [-0.15, -0.1) is 0 Å². The van der Waals surface area contributed by atoms with Gasteiger partial charge in [0, 0.05) is 29.4 Å². The Balaban J connectivity index is 0.000000181. The number of carboxylic acids is 2. The lowest BCUT2D eigenvalue weighted by atomic mass is 9.97. The molecule has 0 atom stereocenters. The van der Waals surface area contributed by atoms with Gasteiger partial charge in [0.25, 0.3) is 0 Å². The number of hydrogen-bond acceptors (Lipinski definition) is 5. The van der Waals surface area contributed by atoms with E-state index in [9.17, 15) is 19.2 Å². The van der Waals surface area contributed by atoms with Gasteiger partial charge >= 0.3 is 11.9 Å². The molecule has 39 heavy (non-hydrogen) atoms. The van der Waals surface area contributed by atoms with Crippen LogP contribution in [0.1, 0.15) is 54.4 Å². The molecule has 198 valence electrons. The van der Waals surface area contributed by atoms with E-state index in [1.165, 1.54) is 0 Å². The highest BCUT2D eigenvalue weighted by molar-refractivity contribution is 6.12. The maximum Gasteiger partial charge on any atom is 0.309 e. The number of benzene rings is 3. The molecule has 0 saturated carbocycles. The van der Waals surface area contributed by atoms with Crippen LogP contribution in [0.15, 0.2) is 78.9 Å². The molecule has 2 heterocycles. The summed E-state index contributed by atoms with van der Waals surface area (Å²) >= 11 is 0. The lowest BCUT2D eigenvalue weighted by Gasteiger charge is -2.07. The molecule has 0 bridgehead atoms. The van der Waals surface area contributed by atoms with Gasteiger partial charge in [0.2, 0.25) is 5.78 Å². The summed E-state index contributed by atoms with van der Waals surface area (Å²) in [5.41, 5.74) is 5.28. The molecule has 0 fully saturated rings. The van der Waals surface area contributed by atoms with Gasteiger partial charge in [0.05, 0.1) is 24.1 Å². The molecule has 1 aliphatic rings. The van der Waals surface area contributed by atoms with Crippen LogP contribution in [-0.4, -0.2) is 38.3 Å². The number of nitrogens with zero attached hydrogens (tertiary/aromatic N) is 1. The van der Waals surface area contributed by atoms with Crippen LogP contribution < -0.4 is 4.74 Å². The summed E-state index contributed by atoms with van der Waals surface area (Å²) in [6, 6.07) is 22.9. The number of aromatic nitrogens is 1. The maximum atomic E-state index is 12.5. The smallest absolute Gasteiger partial charge is 0.309 e. The van der Waals surface area contributed by atoms with Crippen LogP contribution >= 0.6 is 0 Å². The van der Waals surface area contributed by atoms with Crippen molar-refractivity contribution >= 4 is 23.5 Å². The SMILES string of the molecule is Cc1ccc(C(=O)c2ccc(CC(=O)O)n2C)cc1.O=C(O)Cc1ccc2c(c1)C(=O)c1ccccc1CO2. The van der Waals surface area contributed by atoms with E-state index in [1.807, 2.05) is 37.3 Å². The van der Waals surface area contributed by atoms with E-state index in [0.717, 1.165) is 11.1 Å². The van der Waals surface area contributed by atoms with Crippen LogP contribution in [0, 0.1) is 6.92 Å². The number of carbonyl (C=O) groups is 4. The molecule has 0 radical (unpaired) electrons. The summed E-state index contributed by atoms with van der Waals surface area (Å²) in [6.07, 6.45) is -0.195. The van der Waals surface area contributed by atoms with Gasteiger partial charge in [0.1, 0.15) is 12.4 Å². The largest absolute Gasteiger partial charge is 0.488 e. The molecular formula is C31H27NO7. The van der Waals surface area contributed by atoms with Crippen molar-refractivity contribution in [3.8, 4) is 5.75 Å². The van der Waals surface area contributed by atoms with Crippen LogP contribution in [0.3, 0.4) is 0 Å². The van der Waals surface area contributed by atoms with Gasteiger partial charge < -0.3 is 19.5 Å². The fourth-order valence-corrected chi connectivity index (χ4v) is 4.30. The summed E-state index contributed by atoms with van der Waals surface area (Å²) in [4.78, 5) is 46.3. The Morgan fingerprint density at radius 3 is 2.23 bits per heavy atom. The second kappa shape index (κ2) is 11.6. The van der Waals surface area contributed by atoms with Gasteiger partial charge in [-0.05, 0) is 36.8 Å². The second-order valence-electron chi connectivity index (χ2n) is 9.21. The first-order valence-corrected chi connectivity index (χ1v) is 12.2. The summed E-state index contributed by atoms with van der Waals surface area (Å²) in [6.45, 7) is 2.30. The maximum absolute atomic E-state index is 12.5. The Hall–Kier alpha value is -4.98. The zero-order chi connectivity index (χ0) is 28.1. The zero-order valence-electron chi connectivity index (χ0n) is 21.5. The van der Waals surface area contributed by atoms with Crippen molar-refractivity contribution in [2.45, 2.75) is 26.4 Å². The van der Waals surface area contributed by atoms with Gasteiger partial charge in [-0.3, -0.25) is 19.2 Å². The molecule has 3 aromatic carbocycles. The second-order valence-corrected chi connectivity index (χ2v) is 9.21. The highest BCUT2D eigenvalue weighted by atomic mass is 16.5. The van der Waals surface area contributed by atoms with E-state index in [0.29, 0.717) is 46.0 Å². The third kappa shape index (κ3) is 6.30. The monoisotopic (exact) mass is 525 g/mol. The molecule has 8 nitrogen and oxygen atoms in total. The number of aryl methyl sites for hydroxylation is 1. The van der Waals surface area contributed by atoms with Crippen molar-refractivity contribution in [3.63, 3.8) is 0 Å². The number of carboxylic acid groups (broad SMARTS) is 2. The van der Waals surface area contributed by atoms with Gasteiger partial charge in [0.15, 0.2) is 5.78 Å². The number of hydrogen-bond donors (Lipinski definition) is 2. The zero-order valence-corrected chi connectivity index (χ0v) is 21.5. The van der Waals surface area contributed by atoms with Crippen LogP contribution in [0.25, 0.3) is 0 Å². The highest BCUT2D eigenvalue weighted by Gasteiger charge is 2.22. The topological polar surface area (TPSA) is 123 Å². The Bertz CT molecular complexity index is 1560. The number of rotatable bonds is 6. The number of aliphatic carboxylic acids is 2. The normalized spacial score (nSPS) is 11.7. The quantitative estimate of drug-likeness (QED) is 0.352. The van der Waals surface area contributed by atoms with Crippen LogP contribution in [0.2, 0.25) is 0 Å². The fourth-order valence-electron chi connectivity index (χ4n) is 4.30. The van der Waals surface area contributed by atoms with E-state index in [2.05, 4.69) is 0 Å². The molecular weight excluding hydrogens is 498 g/mol. The minimum Gasteiger partial charge on any atom is -0.488 e. The third-order valence-corrected chi connectivity index (χ3v) is 6.39. The molecule has 8 heteroatoms. The lowest BCUT2D eigenvalue weighted by Crippen LogP contribution is -2.11. The van der Waals surface area contributed by atoms with Gasteiger partial charge in [-0.1, -0.05) is 60.2 Å². The summed E-state index contributed by atoms with van der Waals surface area (Å²) in [7, 11) is 1.71. The van der Waals surface area contributed by atoms with E-state index < -0.39 is 11.9 Å². The van der Waals surface area contributed by atoms with E-state index >= 15 is 0 Å². The molecule has 0 aliphatic carbocycles. The van der Waals surface area contributed by atoms with Crippen molar-refractivity contribution in [1.82, 2.24) is 4.57 Å². The molecule has 0 spiro atoms. The Morgan fingerprint density at radius 1 is 0.846 bits per heavy atom. The van der Waals surface area contributed by atoms with Gasteiger partial charge in [-0.25, -0.2) is 0 Å². The van der Waals surface area contributed by atoms with Crippen molar-refractivity contribution in [1.29, 1.82) is 0 Å². The standard InChI is InChI=1S/C16H12O4.C15H15NO3/c17-15(18)8-10-5-6-14-13(7-10)16(19)12-4-2-1-3-11(12)9-20-14;1-10-3-5-11(6-4-10)15(19)13-8-7-12(16(13)2)9-14(17)18/h1-7H,8-9H2,(H,17,18);3-8H,9H2,1-2H3,(H,17,18). The van der Waals surface area contributed by atoms with Crippen LogP contribution in [-0.2, 0) is 36.1 Å². The molecule has 0 unspecified atom stereocenters. The average molecular weight is 526 g/mol. The van der Waals surface area contributed by atoms with Crippen LogP contribution in [0.5, 0.6) is 5.75 Å². The minimum absolute atomic E-state index is 0.0856. The summed E-state index contributed by atoms with van der Waals surface area (Å²) in [5, 5.41) is 17.6. The molecule has 1 aliphatic heterocycles. The first-order valence-electron chi connectivity index (χ1n) is 12.2. The van der Waals surface area contributed by atoms with Crippen molar-refractivity contribution in [2.24, 2.45) is 7.05 Å². The highest BCUT2D eigenvalue weighted by Crippen LogP contribution is 2.29. The minimum atomic E-state index is -0.924. The molecule has 2 N–H and O–H groups in total. The van der Waals surface area contributed by atoms with E-state index in [-0.39, 0.29) is 24.4 Å².